The van der Waals surface area contributed by atoms with E-state index in [1.807, 2.05) is 0 Å². The Balaban J connectivity index is 1.09. The summed E-state index contributed by atoms with van der Waals surface area (Å²) in [5.74, 6) is 0. The SMILES string of the molecule is C[Si](C)(C)c1ccc(N(c2ccc(-c3ccccc3)cc2)c2cc3ccc4cc(N(c5ccc(-c6ccccc6)cc5)c5ccc([Si](C)(C)C)cc5)cc5ccc(c2)c3c45)cc1. The molecule has 0 bridgehead atoms. The number of hydrogen-bond acceptors (Lipinski definition) is 2. The molecule has 0 amide bonds. The molecule has 0 fully saturated rings. The lowest BCUT2D eigenvalue weighted by Crippen LogP contribution is -2.37. The van der Waals surface area contributed by atoms with Gasteiger partial charge in [0.05, 0.1) is 16.1 Å². The van der Waals surface area contributed by atoms with Gasteiger partial charge in [-0.15, -0.1) is 0 Å². The summed E-state index contributed by atoms with van der Waals surface area (Å²) in [6.45, 7) is 14.5. The Morgan fingerprint density at radius 1 is 0.258 bits per heavy atom. The highest BCUT2D eigenvalue weighted by Gasteiger charge is 2.22. The summed E-state index contributed by atoms with van der Waals surface area (Å²) in [6, 6.07) is 76.8. The van der Waals surface area contributed by atoms with E-state index in [1.54, 1.807) is 0 Å². The van der Waals surface area contributed by atoms with Crippen molar-refractivity contribution >= 4 is 93.0 Å². The molecule has 62 heavy (non-hydrogen) atoms. The summed E-state index contributed by atoms with van der Waals surface area (Å²) < 4.78 is 0. The molecule has 10 rings (SSSR count). The molecule has 0 aliphatic carbocycles. The third kappa shape index (κ3) is 7.50. The molecule has 0 aliphatic heterocycles. The zero-order valence-electron chi connectivity index (χ0n) is 36.5. The maximum absolute atomic E-state index is 2.42. The second-order valence-corrected chi connectivity index (χ2v) is 28.9. The molecule has 0 saturated heterocycles. The molecule has 0 saturated carbocycles. The Hall–Kier alpha value is -6.73. The smallest absolute Gasteiger partial charge is 0.0775 e. The van der Waals surface area contributed by atoms with Crippen molar-refractivity contribution in [3.63, 3.8) is 0 Å². The predicted molar refractivity (Wildman–Crippen MR) is 276 cm³/mol. The second kappa shape index (κ2) is 15.6. The van der Waals surface area contributed by atoms with E-state index < -0.39 is 16.1 Å². The summed E-state index contributed by atoms with van der Waals surface area (Å²) in [4.78, 5) is 4.84. The highest BCUT2D eigenvalue weighted by Crippen LogP contribution is 2.45. The zero-order valence-corrected chi connectivity index (χ0v) is 38.5. The summed E-state index contributed by atoms with van der Waals surface area (Å²) in [5, 5.41) is 10.5. The minimum absolute atomic E-state index is 1.14. The molecule has 0 spiro atoms. The standard InChI is InChI=1S/C58H52N2Si2/c1-61(2,3)55-33-29-51(30-34-55)59(49-25-21-43(22-26-49)41-13-9-7-10-14-41)53-37-45-17-19-47-39-54(40-48-20-18-46(38-53)57(45)58(47)48)60(52-31-35-56(36-32-52)62(4,5)6)50-27-23-44(24-28-50)42-15-11-8-12-16-42/h7-40H,1-6H3. The molecule has 10 aromatic rings. The molecule has 0 radical (unpaired) electrons. The third-order valence-electron chi connectivity index (χ3n) is 12.5. The van der Waals surface area contributed by atoms with Crippen LogP contribution in [0.25, 0.3) is 54.6 Å². The molecule has 0 unspecified atom stereocenters. The van der Waals surface area contributed by atoms with Crippen LogP contribution in [0.15, 0.2) is 206 Å². The quantitative estimate of drug-likeness (QED) is 0.100. The molecular formula is C58H52N2Si2. The lowest BCUT2D eigenvalue weighted by Gasteiger charge is -2.28. The second-order valence-electron chi connectivity index (χ2n) is 18.8. The van der Waals surface area contributed by atoms with Crippen molar-refractivity contribution in [1.29, 1.82) is 0 Å². The van der Waals surface area contributed by atoms with Gasteiger partial charge < -0.3 is 9.80 Å². The third-order valence-corrected chi connectivity index (χ3v) is 16.6. The van der Waals surface area contributed by atoms with Crippen molar-refractivity contribution in [3.8, 4) is 22.3 Å². The average molecular weight is 833 g/mol. The van der Waals surface area contributed by atoms with Crippen LogP contribution in [0.2, 0.25) is 39.3 Å². The van der Waals surface area contributed by atoms with Crippen molar-refractivity contribution in [2.45, 2.75) is 39.3 Å². The monoisotopic (exact) mass is 832 g/mol. The maximum Gasteiger partial charge on any atom is 0.0775 e. The van der Waals surface area contributed by atoms with Crippen molar-refractivity contribution in [2.24, 2.45) is 0 Å². The fourth-order valence-electron chi connectivity index (χ4n) is 9.05. The first-order valence-corrected chi connectivity index (χ1v) is 28.8. The minimum Gasteiger partial charge on any atom is -0.310 e. The first-order chi connectivity index (χ1) is 30.0. The largest absolute Gasteiger partial charge is 0.310 e. The van der Waals surface area contributed by atoms with Crippen LogP contribution >= 0.6 is 0 Å². The average Bonchev–Trinajstić information content (AvgIpc) is 3.29. The molecule has 0 aromatic heterocycles. The van der Waals surface area contributed by atoms with Crippen LogP contribution in [0, 0.1) is 0 Å². The number of nitrogens with zero attached hydrogens (tertiary/aromatic N) is 2. The van der Waals surface area contributed by atoms with Gasteiger partial charge in [0.15, 0.2) is 0 Å². The van der Waals surface area contributed by atoms with Gasteiger partial charge in [0.25, 0.3) is 0 Å². The normalized spacial score (nSPS) is 12.0. The molecule has 2 nitrogen and oxygen atoms in total. The number of rotatable bonds is 10. The number of benzene rings is 10. The van der Waals surface area contributed by atoms with Crippen LogP contribution in [-0.4, -0.2) is 16.1 Å². The summed E-state index contributed by atoms with van der Waals surface area (Å²) in [5.41, 5.74) is 11.8. The highest BCUT2D eigenvalue weighted by atomic mass is 28.3. The van der Waals surface area contributed by atoms with Gasteiger partial charge in [-0.05, 0) is 127 Å². The van der Waals surface area contributed by atoms with Gasteiger partial charge in [-0.3, -0.25) is 0 Å². The Labute approximate surface area is 368 Å². The predicted octanol–water partition coefficient (Wildman–Crippen LogP) is 15.9. The van der Waals surface area contributed by atoms with Gasteiger partial charge in [0.2, 0.25) is 0 Å². The first kappa shape index (κ1) is 39.4. The lowest BCUT2D eigenvalue weighted by atomic mass is 9.92. The molecule has 0 aliphatic rings. The van der Waals surface area contributed by atoms with E-state index in [4.69, 9.17) is 0 Å². The van der Waals surface area contributed by atoms with Crippen molar-refractivity contribution in [2.75, 3.05) is 9.80 Å². The van der Waals surface area contributed by atoms with E-state index in [-0.39, 0.29) is 0 Å². The highest BCUT2D eigenvalue weighted by molar-refractivity contribution is 6.89. The van der Waals surface area contributed by atoms with E-state index in [0.717, 1.165) is 34.1 Å². The molecule has 302 valence electrons. The van der Waals surface area contributed by atoms with Crippen LogP contribution in [0.1, 0.15) is 0 Å². The van der Waals surface area contributed by atoms with Crippen molar-refractivity contribution in [1.82, 2.24) is 0 Å². The van der Waals surface area contributed by atoms with E-state index in [1.165, 1.54) is 64.9 Å². The zero-order chi connectivity index (χ0) is 42.6. The van der Waals surface area contributed by atoms with Gasteiger partial charge in [-0.2, -0.15) is 0 Å². The van der Waals surface area contributed by atoms with E-state index >= 15 is 0 Å². The van der Waals surface area contributed by atoms with E-state index in [2.05, 4.69) is 255 Å². The summed E-state index contributed by atoms with van der Waals surface area (Å²) >= 11 is 0. The molecule has 0 N–H and O–H groups in total. The van der Waals surface area contributed by atoms with Gasteiger partial charge >= 0.3 is 0 Å². The van der Waals surface area contributed by atoms with Crippen LogP contribution < -0.4 is 20.2 Å². The lowest BCUT2D eigenvalue weighted by molar-refractivity contribution is 1.29. The Morgan fingerprint density at radius 2 is 0.516 bits per heavy atom. The van der Waals surface area contributed by atoms with Crippen LogP contribution in [0.4, 0.5) is 34.1 Å². The molecule has 0 heterocycles. The van der Waals surface area contributed by atoms with E-state index in [0.29, 0.717) is 0 Å². The van der Waals surface area contributed by atoms with Gasteiger partial charge in [0, 0.05) is 34.1 Å². The molecule has 10 aromatic carbocycles. The molecule has 0 atom stereocenters. The van der Waals surface area contributed by atoms with Gasteiger partial charge in [0.1, 0.15) is 0 Å². The number of anilines is 6. The van der Waals surface area contributed by atoms with Crippen LogP contribution in [0.3, 0.4) is 0 Å². The Bertz CT molecular complexity index is 2860. The minimum atomic E-state index is -1.47. The topological polar surface area (TPSA) is 6.48 Å². The summed E-state index contributed by atoms with van der Waals surface area (Å²) in [7, 11) is -2.94. The first-order valence-electron chi connectivity index (χ1n) is 21.8. The van der Waals surface area contributed by atoms with Gasteiger partial charge in [-0.25, -0.2) is 0 Å². The Kier molecular flexibility index (Phi) is 9.94. The fourth-order valence-corrected chi connectivity index (χ4v) is 11.4. The molecule has 4 heteroatoms. The van der Waals surface area contributed by atoms with Crippen LogP contribution in [0.5, 0.6) is 0 Å². The fraction of sp³-hybridized carbons (Fsp3) is 0.103. The van der Waals surface area contributed by atoms with Gasteiger partial charge in [-0.1, -0.05) is 183 Å². The van der Waals surface area contributed by atoms with E-state index in [9.17, 15) is 0 Å². The van der Waals surface area contributed by atoms with Crippen LogP contribution in [-0.2, 0) is 0 Å². The number of hydrogen-bond donors (Lipinski definition) is 0. The summed E-state index contributed by atoms with van der Waals surface area (Å²) in [6.07, 6.45) is 0. The Morgan fingerprint density at radius 3 is 0.790 bits per heavy atom. The van der Waals surface area contributed by atoms with Crippen molar-refractivity contribution in [3.05, 3.63) is 206 Å². The van der Waals surface area contributed by atoms with Crippen molar-refractivity contribution < 1.29 is 0 Å². The maximum atomic E-state index is 2.42. The molecular weight excluding hydrogens is 781 g/mol.